The van der Waals surface area contributed by atoms with Crippen LogP contribution in [-0.4, -0.2) is 100 Å². The summed E-state index contributed by atoms with van der Waals surface area (Å²) in [5.74, 6) is -0.214. The number of amides is 1. The Hall–Kier alpha value is -1.86. The summed E-state index contributed by atoms with van der Waals surface area (Å²) >= 11 is 0. The smallest absolute Gasteiger partial charge is 0.305 e. The molecule has 0 aromatic heterocycles. The van der Waals surface area contributed by atoms with Crippen LogP contribution in [0.5, 0.6) is 0 Å². The molecule has 1 heterocycles. The number of allylic oxidation sites excluding steroid dienone is 3. The highest BCUT2D eigenvalue weighted by atomic mass is 16.7. The average molecular weight is 995 g/mol. The van der Waals surface area contributed by atoms with Crippen molar-refractivity contribution >= 4 is 11.9 Å². The zero-order chi connectivity index (χ0) is 51.0. The fourth-order valence-corrected chi connectivity index (χ4v) is 9.31. The molecule has 1 rings (SSSR count). The van der Waals surface area contributed by atoms with Crippen LogP contribution in [0.1, 0.15) is 277 Å². The van der Waals surface area contributed by atoms with Crippen LogP contribution in [0.15, 0.2) is 24.3 Å². The molecule has 1 saturated heterocycles. The van der Waals surface area contributed by atoms with Crippen LogP contribution in [0.3, 0.4) is 0 Å². The maximum atomic E-state index is 13.0. The zero-order valence-corrected chi connectivity index (χ0v) is 45.2. The SMILES string of the molecule is CCCCCCCCC/C=C\CCCCCCCCCC(=O)OCCCCCCCCCCCCCCCCCC(=O)NC(COC1OC(CO)C(O)C(O)C1O)C(O)/C=C/CCCCCCCCC. The number of hydrogen-bond donors (Lipinski definition) is 6. The third-order valence-corrected chi connectivity index (χ3v) is 14.1. The number of esters is 1. The second-order valence-corrected chi connectivity index (χ2v) is 20.7. The molecule has 0 aromatic carbocycles. The van der Waals surface area contributed by atoms with E-state index in [1.54, 1.807) is 6.08 Å². The van der Waals surface area contributed by atoms with Gasteiger partial charge in [-0.15, -0.1) is 0 Å². The normalized spacial score (nSPS) is 19.3. The number of aliphatic hydroxyl groups excluding tert-OH is 5. The number of carbonyl (C=O) groups excluding carboxylic acids is 2. The number of nitrogens with one attached hydrogen (secondary N) is 1. The fourth-order valence-electron chi connectivity index (χ4n) is 9.31. The molecule has 11 nitrogen and oxygen atoms in total. The molecule has 0 radical (unpaired) electrons. The average Bonchev–Trinajstić information content (AvgIpc) is 3.36. The number of rotatable bonds is 51. The van der Waals surface area contributed by atoms with Crippen molar-refractivity contribution in [3.8, 4) is 0 Å². The van der Waals surface area contributed by atoms with Crippen LogP contribution < -0.4 is 5.32 Å². The highest BCUT2D eigenvalue weighted by Gasteiger charge is 2.44. The monoisotopic (exact) mass is 994 g/mol. The van der Waals surface area contributed by atoms with Gasteiger partial charge in [-0.25, -0.2) is 0 Å². The summed E-state index contributed by atoms with van der Waals surface area (Å²) < 4.78 is 16.7. The first kappa shape index (κ1) is 66.2. The highest BCUT2D eigenvalue weighted by molar-refractivity contribution is 5.76. The molecule has 412 valence electrons. The fraction of sp³-hybridized carbons (Fsp3) is 0.898. The topological polar surface area (TPSA) is 175 Å². The van der Waals surface area contributed by atoms with E-state index in [-0.39, 0.29) is 18.5 Å². The van der Waals surface area contributed by atoms with E-state index in [4.69, 9.17) is 14.2 Å². The van der Waals surface area contributed by atoms with Crippen LogP contribution in [0.25, 0.3) is 0 Å². The predicted octanol–water partition coefficient (Wildman–Crippen LogP) is 13.3. The molecule has 1 aliphatic heterocycles. The first-order valence-corrected chi connectivity index (χ1v) is 29.6. The van der Waals surface area contributed by atoms with E-state index in [1.165, 1.54) is 180 Å². The largest absolute Gasteiger partial charge is 0.466 e. The minimum atomic E-state index is -1.57. The van der Waals surface area contributed by atoms with Gasteiger partial charge in [-0.3, -0.25) is 9.59 Å². The van der Waals surface area contributed by atoms with E-state index in [0.717, 1.165) is 70.6 Å². The Morgan fingerprint density at radius 2 is 0.914 bits per heavy atom. The van der Waals surface area contributed by atoms with E-state index < -0.39 is 49.5 Å². The number of carbonyl (C=O) groups is 2. The van der Waals surface area contributed by atoms with Gasteiger partial charge in [0, 0.05) is 12.8 Å². The van der Waals surface area contributed by atoms with Gasteiger partial charge in [0.25, 0.3) is 0 Å². The lowest BCUT2D eigenvalue weighted by Gasteiger charge is -2.40. The van der Waals surface area contributed by atoms with Gasteiger partial charge < -0.3 is 45.1 Å². The molecule has 1 amide bonds. The predicted molar refractivity (Wildman–Crippen MR) is 288 cm³/mol. The summed E-state index contributed by atoms with van der Waals surface area (Å²) in [5, 5.41) is 54.2. The number of hydrogen-bond acceptors (Lipinski definition) is 10. The van der Waals surface area contributed by atoms with Crippen LogP contribution in [0.2, 0.25) is 0 Å². The van der Waals surface area contributed by atoms with Gasteiger partial charge in [0.1, 0.15) is 24.4 Å². The van der Waals surface area contributed by atoms with Crippen LogP contribution in [0, 0.1) is 0 Å². The van der Waals surface area contributed by atoms with Gasteiger partial charge >= 0.3 is 5.97 Å². The maximum Gasteiger partial charge on any atom is 0.305 e. The molecule has 7 unspecified atom stereocenters. The first-order valence-electron chi connectivity index (χ1n) is 29.6. The summed E-state index contributed by atoms with van der Waals surface area (Å²) in [6, 6.07) is -0.815. The summed E-state index contributed by atoms with van der Waals surface area (Å²) in [6.07, 6.45) is 48.5. The minimum absolute atomic E-state index is 0.0215. The Kier molecular flexibility index (Phi) is 46.6. The molecule has 0 aromatic rings. The van der Waals surface area contributed by atoms with Crippen molar-refractivity contribution in [1.29, 1.82) is 0 Å². The van der Waals surface area contributed by atoms with E-state index in [9.17, 15) is 35.1 Å². The number of ether oxygens (including phenoxy) is 3. The van der Waals surface area contributed by atoms with Crippen molar-refractivity contribution in [3.63, 3.8) is 0 Å². The lowest BCUT2D eigenvalue weighted by molar-refractivity contribution is -0.302. The molecule has 0 spiro atoms. The number of aliphatic hydroxyl groups is 5. The summed E-state index contributed by atoms with van der Waals surface area (Å²) in [7, 11) is 0. The van der Waals surface area contributed by atoms with Gasteiger partial charge in [-0.05, 0) is 57.8 Å². The summed E-state index contributed by atoms with van der Waals surface area (Å²) in [4.78, 5) is 25.1. The maximum absolute atomic E-state index is 13.0. The zero-order valence-electron chi connectivity index (χ0n) is 45.2. The van der Waals surface area contributed by atoms with Crippen molar-refractivity contribution in [2.45, 2.75) is 320 Å². The van der Waals surface area contributed by atoms with Crippen molar-refractivity contribution < 1.29 is 49.3 Å². The lowest BCUT2D eigenvalue weighted by Crippen LogP contribution is -2.60. The van der Waals surface area contributed by atoms with Gasteiger partial charge in [0.05, 0.1) is 32.0 Å². The third kappa shape index (κ3) is 38.7. The molecule has 1 aliphatic rings. The van der Waals surface area contributed by atoms with Crippen molar-refractivity contribution in [1.82, 2.24) is 5.32 Å². The Morgan fingerprint density at radius 3 is 1.37 bits per heavy atom. The van der Waals surface area contributed by atoms with Crippen LogP contribution in [0.4, 0.5) is 0 Å². The minimum Gasteiger partial charge on any atom is -0.466 e. The molecular formula is C59H111NO10. The Balaban J connectivity index is 2.03. The molecular weight excluding hydrogens is 883 g/mol. The second-order valence-electron chi connectivity index (χ2n) is 20.7. The molecule has 6 N–H and O–H groups in total. The summed E-state index contributed by atoms with van der Waals surface area (Å²) in [6.45, 7) is 4.29. The van der Waals surface area contributed by atoms with Crippen LogP contribution in [-0.2, 0) is 23.8 Å². The Bertz CT molecular complexity index is 1220. The Morgan fingerprint density at radius 1 is 0.514 bits per heavy atom. The molecule has 0 aliphatic carbocycles. The highest BCUT2D eigenvalue weighted by Crippen LogP contribution is 2.23. The lowest BCUT2D eigenvalue weighted by atomic mass is 9.99. The van der Waals surface area contributed by atoms with Gasteiger partial charge in [0.2, 0.25) is 5.91 Å². The molecule has 70 heavy (non-hydrogen) atoms. The summed E-state index contributed by atoms with van der Waals surface area (Å²) in [5.41, 5.74) is 0. The van der Waals surface area contributed by atoms with E-state index >= 15 is 0 Å². The standard InChI is InChI=1S/C59H111NO10/c1-3-5-7-9-11-13-14-15-16-17-18-21-24-27-31-35-39-43-47-55(64)68-48-44-40-36-32-28-25-22-19-20-23-26-30-34-38-42-46-54(63)60-51(52(62)45-41-37-33-29-12-10-8-6-4-2)50-69-59-58(67)57(66)56(65)53(49-61)70-59/h16-17,41,45,51-53,56-59,61-62,65-67H,3-15,18-40,42-44,46-50H2,1-2H3,(H,60,63)/b17-16-,45-41+. The van der Waals surface area contributed by atoms with E-state index in [0.29, 0.717) is 19.4 Å². The molecule has 0 bridgehead atoms. The molecule has 0 saturated carbocycles. The van der Waals surface area contributed by atoms with Crippen molar-refractivity contribution in [2.75, 3.05) is 19.8 Å². The van der Waals surface area contributed by atoms with Crippen molar-refractivity contribution in [2.24, 2.45) is 0 Å². The quantitative estimate of drug-likeness (QED) is 0.0195. The molecule has 1 fully saturated rings. The van der Waals surface area contributed by atoms with Crippen LogP contribution >= 0.6 is 0 Å². The molecule has 7 atom stereocenters. The molecule has 11 heteroatoms. The van der Waals surface area contributed by atoms with Crippen molar-refractivity contribution in [3.05, 3.63) is 24.3 Å². The number of unbranched alkanes of at least 4 members (excludes halogenated alkanes) is 35. The van der Waals surface area contributed by atoms with Gasteiger partial charge in [-0.2, -0.15) is 0 Å². The van der Waals surface area contributed by atoms with Gasteiger partial charge in [-0.1, -0.05) is 231 Å². The Labute approximate surface area is 429 Å². The van der Waals surface area contributed by atoms with E-state index in [1.807, 2.05) is 6.08 Å². The van der Waals surface area contributed by atoms with Gasteiger partial charge in [0.15, 0.2) is 6.29 Å². The second kappa shape index (κ2) is 49.4. The van der Waals surface area contributed by atoms with E-state index in [2.05, 4.69) is 31.3 Å². The third-order valence-electron chi connectivity index (χ3n) is 14.1. The first-order chi connectivity index (χ1) is 34.2.